The van der Waals surface area contributed by atoms with E-state index in [2.05, 4.69) is 0 Å². The molecule has 112 valence electrons. The van der Waals surface area contributed by atoms with Crippen molar-refractivity contribution in [1.29, 1.82) is 0 Å². The fourth-order valence-corrected chi connectivity index (χ4v) is 3.45. The lowest BCUT2D eigenvalue weighted by Gasteiger charge is -2.19. The van der Waals surface area contributed by atoms with E-state index in [-0.39, 0.29) is 23.5 Å². The van der Waals surface area contributed by atoms with E-state index in [9.17, 15) is 23.6 Å². The number of sulfonamides is 1. The predicted octanol–water partition coefficient (Wildman–Crippen LogP) is 1.89. The molecule has 0 unspecified atom stereocenters. The van der Waals surface area contributed by atoms with E-state index >= 15 is 0 Å². The number of phenols is 1. The fraction of sp³-hybridized carbons (Fsp3) is 0.500. The summed E-state index contributed by atoms with van der Waals surface area (Å²) in [5.74, 6) is -0.476. The highest BCUT2D eigenvalue weighted by atomic mass is 32.2. The Kier molecular flexibility index (Phi) is 5.07. The second-order valence-corrected chi connectivity index (χ2v) is 6.09. The van der Waals surface area contributed by atoms with Crippen LogP contribution in [0.2, 0.25) is 0 Å². The molecule has 1 rings (SSSR count). The van der Waals surface area contributed by atoms with E-state index in [1.807, 2.05) is 0 Å². The van der Waals surface area contributed by atoms with Gasteiger partial charge in [-0.05, 0) is 12.5 Å². The van der Waals surface area contributed by atoms with Crippen LogP contribution in [0.4, 0.5) is 5.69 Å². The van der Waals surface area contributed by atoms with Crippen molar-refractivity contribution in [2.75, 3.05) is 13.1 Å². The summed E-state index contributed by atoms with van der Waals surface area (Å²) in [6.45, 7) is 5.61. The summed E-state index contributed by atoms with van der Waals surface area (Å²) in [5, 5.41) is 20.7. The first-order valence-corrected chi connectivity index (χ1v) is 7.73. The van der Waals surface area contributed by atoms with Crippen molar-refractivity contribution >= 4 is 15.7 Å². The summed E-state index contributed by atoms with van der Waals surface area (Å²) in [6.07, 6.45) is 0.300. The van der Waals surface area contributed by atoms with Crippen molar-refractivity contribution in [2.24, 2.45) is 0 Å². The van der Waals surface area contributed by atoms with Crippen molar-refractivity contribution in [1.82, 2.24) is 4.31 Å². The second-order valence-electron chi connectivity index (χ2n) is 4.15. The van der Waals surface area contributed by atoms with Gasteiger partial charge in [0, 0.05) is 24.7 Å². The average Bonchev–Trinajstić information content (AvgIpc) is 2.39. The third kappa shape index (κ3) is 2.91. The Balaban J connectivity index is 3.54. The number of aromatic hydroxyl groups is 1. The van der Waals surface area contributed by atoms with E-state index in [1.165, 1.54) is 10.4 Å². The summed E-state index contributed by atoms with van der Waals surface area (Å²) in [4.78, 5) is 9.97. The predicted molar refractivity (Wildman–Crippen MR) is 74.2 cm³/mol. The zero-order chi connectivity index (χ0) is 15.5. The van der Waals surface area contributed by atoms with Crippen molar-refractivity contribution in [3.8, 4) is 5.75 Å². The van der Waals surface area contributed by atoms with E-state index < -0.39 is 26.4 Å². The smallest absolute Gasteiger partial charge is 0.312 e. The van der Waals surface area contributed by atoms with Crippen LogP contribution in [0.15, 0.2) is 17.0 Å². The Hall–Kier alpha value is -1.67. The lowest BCUT2D eigenvalue weighted by Crippen LogP contribution is -2.30. The molecular formula is C12H18N2O5S. The maximum Gasteiger partial charge on any atom is 0.312 e. The standard InChI is InChI=1S/C12H18N2O5S/c1-4-9-7-10(8-11(12(9)15)14(16)17)20(18,19)13(5-2)6-3/h7-8,15H,4-6H2,1-3H3. The van der Waals surface area contributed by atoms with Crippen LogP contribution in [0.25, 0.3) is 0 Å². The molecule has 0 bridgehead atoms. The largest absolute Gasteiger partial charge is 0.502 e. The average molecular weight is 302 g/mol. The maximum absolute atomic E-state index is 12.4. The zero-order valence-electron chi connectivity index (χ0n) is 11.7. The van der Waals surface area contributed by atoms with Gasteiger partial charge in [-0.3, -0.25) is 10.1 Å². The third-order valence-corrected chi connectivity index (χ3v) is 5.09. The number of hydrogen-bond donors (Lipinski definition) is 1. The Bertz CT molecular complexity index is 609. The molecule has 0 radical (unpaired) electrons. The molecule has 1 aromatic carbocycles. The summed E-state index contributed by atoms with van der Waals surface area (Å²) >= 11 is 0. The first kappa shape index (κ1) is 16.4. The van der Waals surface area contributed by atoms with Crippen LogP contribution in [0.3, 0.4) is 0 Å². The summed E-state index contributed by atoms with van der Waals surface area (Å²) in [6, 6.07) is 2.19. The van der Waals surface area contributed by atoms with Crippen LogP contribution in [0.1, 0.15) is 26.3 Å². The molecule has 0 amide bonds. The molecule has 0 saturated heterocycles. The van der Waals surface area contributed by atoms with Crippen molar-refractivity contribution in [3.05, 3.63) is 27.8 Å². The highest BCUT2D eigenvalue weighted by Gasteiger charge is 2.27. The number of phenolic OH excluding ortho intramolecular Hbond substituents is 1. The van der Waals surface area contributed by atoms with Crippen LogP contribution in [0, 0.1) is 10.1 Å². The van der Waals surface area contributed by atoms with E-state index in [1.54, 1.807) is 20.8 Å². The third-order valence-electron chi connectivity index (χ3n) is 3.06. The van der Waals surface area contributed by atoms with Crippen LogP contribution in [0.5, 0.6) is 5.75 Å². The van der Waals surface area contributed by atoms with Gasteiger partial charge in [-0.25, -0.2) is 8.42 Å². The minimum absolute atomic E-state index is 0.164. The van der Waals surface area contributed by atoms with Crippen molar-refractivity contribution < 1.29 is 18.4 Å². The molecule has 0 aliphatic carbocycles. The van der Waals surface area contributed by atoms with Gasteiger partial charge in [0.2, 0.25) is 10.0 Å². The maximum atomic E-state index is 12.4. The SMILES string of the molecule is CCc1cc(S(=O)(=O)N(CC)CC)cc([N+](=O)[O-])c1O. The van der Waals surface area contributed by atoms with Crippen LogP contribution in [-0.4, -0.2) is 35.8 Å². The van der Waals surface area contributed by atoms with Gasteiger partial charge in [0.05, 0.1) is 9.82 Å². The molecule has 0 saturated carbocycles. The Morgan fingerprint density at radius 2 is 1.80 bits per heavy atom. The summed E-state index contributed by atoms with van der Waals surface area (Å²) in [5.41, 5.74) is -0.347. The molecular weight excluding hydrogens is 284 g/mol. The lowest BCUT2D eigenvalue weighted by molar-refractivity contribution is -0.386. The van der Waals surface area contributed by atoms with Gasteiger partial charge in [0.25, 0.3) is 0 Å². The number of nitro benzene ring substituents is 1. The minimum Gasteiger partial charge on any atom is -0.502 e. The fourth-order valence-electron chi connectivity index (χ4n) is 1.92. The van der Waals surface area contributed by atoms with Crippen LogP contribution in [-0.2, 0) is 16.4 Å². The summed E-state index contributed by atoms with van der Waals surface area (Å²) < 4.78 is 26.0. The van der Waals surface area contributed by atoms with Gasteiger partial charge in [0.15, 0.2) is 5.75 Å². The molecule has 8 heteroatoms. The summed E-state index contributed by atoms with van der Waals surface area (Å²) in [7, 11) is -3.79. The molecule has 0 aliphatic rings. The quantitative estimate of drug-likeness (QED) is 0.639. The van der Waals surface area contributed by atoms with Gasteiger partial charge in [-0.1, -0.05) is 20.8 Å². The highest BCUT2D eigenvalue weighted by molar-refractivity contribution is 7.89. The van der Waals surface area contributed by atoms with Crippen LogP contribution < -0.4 is 0 Å². The Morgan fingerprint density at radius 1 is 1.25 bits per heavy atom. The molecule has 0 aromatic heterocycles. The number of nitro groups is 1. The van der Waals surface area contributed by atoms with Crippen molar-refractivity contribution in [2.45, 2.75) is 32.1 Å². The second kappa shape index (κ2) is 6.19. The Morgan fingerprint density at radius 3 is 2.20 bits per heavy atom. The number of rotatable bonds is 6. The zero-order valence-corrected chi connectivity index (χ0v) is 12.5. The molecule has 0 aliphatic heterocycles. The Labute approximate surface area is 118 Å². The number of hydrogen-bond acceptors (Lipinski definition) is 5. The molecule has 0 heterocycles. The minimum atomic E-state index is -3.79. The lowest BCUT2D eigenvalue weighted by atomic mass is 10.1. The number of nitrogens with zero attached hydrogens (tertiary/aromatic N) is 2. The molecule has 1 N–H and O–H groups in total. The number of benzene rings is 1. The van der Waals surface area contributed by atoms with Gasteiger partial charge in [0.1, 0.15) is 0 Å². The van der Waals surface area contributed by atoms with Gasteiger partial charge in [-0.2, -0.15) is 4.31 Å². The number of aryl methyl sites for hydroxylation is 1. The topological polar surface area (TPSA) is 101 Å². The van der Waals surface area contributed by atoms with E-state index in [4.69, 9.17) is 0 Å². The highest BCUT2D eigenvalue weighted by Crippen LogP contribution is 2.34. The van der Waals surface area contributed by atoms with Gasteiger partial charge in [-0.15, -0.1) is 0 Å². The first-order valence-electron chi connectivity index (χ1n) is 6.29. The van der Waals surface area contributed by atoms with Crippen LogP contribution >= 0.6 is 0 Å². The van der Waals surface area contributed by atoms with Gasteiger partial charge >= 0.3 is 5.69 Å². The molecule has 0 spiro atoms. The molecule has 0 atom stereocenters. The molecule has 7 nitrogen and oxygen atoms in total. The molecule has 1 aromatic rings. The van der Waals surface area contributed by atoms with E-state index in [0.29, 0.717) is 6.42 Å². The molecule has 20 heavy (non-hydrogen) atoms. The van der Waals surface area contributed by atoms with E-state index in [0.717, 1.165) is 6.07 Å². The first-order chi connectivity index (χ1) is 9.29. The van der Waals surface area contributed by atoms with Gasteiger partial charge < -0.3 is 5.11 Å². The normalized spacial score (nSPS) is 11.8. The van der Waals surface area contributed by atoms with Crippen molar-refractivity contribution in [3.63, 3.8) is 0 Å². The monoisotopic (exact) mass is 302 g/mol. The molecule has 0 fully saturated rings.